The number of phenols is 1. The molecule has 1 aromatic rings. The van der Waals surface area contributed by atoms with Crippen molar-refractivity contribution in [3.05, 3.63) is 29.3 Å². The zero-order valence-electron chi connectivity index (χ0n) is 12.2. The normalized spacial score (nSPS) is 12.0. The van der Waals surface area contributed by atoms with Gasteiger partial charge in [-0.2, -0.15) is 0 Å². The summed E-state index contributed by atoms with van der Waals surface area (Å²) < 4.78 is 0. The lowest BCUT2D eigenvalue weighted by Crippen LogP contribution is -2.34. The maximum atomic E-state index is 11.2. The number of hydrogen-bond donors (Lipinski definition) is 2. The number of aromatic hydroxyl groups is 1. The third kappa shape index (κ3) is 4.68. The molecule has 21 heavy (non-hydrogen) atoms. The Morgan fingerprint density at radius 1 is 1.43 bits per heavy atom. The molecule has 0 spiro atoms. The van der Waals surface area contributed by atoms with E-state index in [1.165, 1.54) is 6.07 Å². The second kappa shape index (κ2) is 8.16. The first-order valence-corrected chi connectivity index (χ1v) is 6.65. The Hall–Kier alpha value is -2.21. The highest BCUT2D eigenvalue weighted by molar-refractivity contribution is 5.78. The molecule has 1 aromatic carbocycles. The molecule has 0 aliphatic rings. The van der Waals surface area contributed by atoms with E-state index in [1.807, 2.05) is 0 Å². The van der Waals surface area contributed by atoms with Crippen LogP contribution in [0.4, 0.5) is 0 Å². The van der Waals surface area contributed by atoms with E-state index in [4.69, 9.17) is 0 Å². The number of phenolic OH excluding ortho intramolecular Hbond substituents is 1. The van der Waals surface area contributed by atoms with Gasteiger partial charge in [0, 0.05) is 31.1 Å². The van der Waals surface area contributed by atoms with Crippen LogP contribution in [-0.4, -0.2) is 48.6 Å². The van der Waals surface area contributed by atoms with Gasteiger partial charge in [-0.1, -0.05) is 12.1 Å². The standard InChI is InChI=1S/C15H20N2O4/c1-16-15(21)7-6-12(10-19)17(2)8-13-11(9-18)4-3-5-14(13)20/h3-5,9-10,12,20H,6-8H2,1-2H3,(H,16,21). The van der Waals surface area contributed by atoms with E-state index in [2.05, 4.69) is 5.32 Å². The predicted octanol–water partition coefficient (Wildman–Crippen LogP) is 0.730. The second-order valence-electron chi connectivity index (χ2n) is 4.79. The summed E-state index contributed by atoms with van der Waals surface area (Å²) in [7, 11) is 3.25. The Morgan fingerprint density at radius 3 is 2.71 bits per heavy atom. The third-order valence-corrected chi connectivity index (χ3v) is 3.39. The van der Waals surface area contributed by atoms with Crippen molar-refractivity contribution in [3.8, 4) is 5.75 Å². The van der Waals surface area contributed by atoms with Gasteiger partial charge in [0.1, 0.15) is 12.0 Å². The van der Waals surface area contributed by atoms with E-state index in [-0.39, 0.29) is 24.6 Å². The van der Waals surface area contributed by atoms with Gasteiger partial charge in [-0.05, 0) is 19.5 Å². The third-order valence-electron chi connectivity index (χ3n) is 3.39. The molecule has 0 bridgehead atoms. The molecule has 1 amide bonds. The molecular formula is C15H20N2O4. The minimum Gasteiger partial charge on any atom is -0.508 e. The second-order valence-corrected chi connectivity index (χ2v) is 4.79. The summed E-state index contributed by atoms with van der Waals surface area (Å²) in [6.45, 7) is 0.248. The molecule has 6 nitrogen and oxygen atoms in total. The average Bonchev–Trinajstić information content (AvgIpc) is 2.49. The monoisotopic (exact) mass is 292 g/mol. The van der Waals surface area contributed by atoms with Gasteiger partial charge >= 0.3 is 0 Å². The van der Waals surface area contributed by atoms with E-state index in [0.29, 0.717) is 23.8 Å². The van der Waals surface area contributed by atoms with Gasteiger partial charge in [0.15, 0.2) is 6.29 Å². The van der Waals surface area contributed by atoms with Crippen molar-refractivity contribution in [1.29, 1.82) is 0 Å². The van der Waals surface area contributed by atoms with Crippen molar-refractivity contribution in [2.24, 2.45) is 0 Å². The van der Waals surface area contributed by atoms with Gasteiger partial charge in [0.2, 0.25) is 5.91 Å². The molecule has 6 heteroatoms. The fraction of sp³-hybridized carbons (Fsp3) is 0.400. The van der Waals surface area contributed by atoms with Crippen molar-refractivity contribution >= 4 is 18.5 Å². The molecule has 0 aromatic heterocycles. The number of nitrogens with one attached hydrogen (secondary N) is 1. The van der Waals surface area contributed by atoms with Crippen LogP contribution in [0.25, 0.3) is 0 Å². The number of nitrogens with zero attached hydrogens (tertiary/aromatic N) is 1. The minimum absolute atomic E-state index is 0.0161. The lowest BCUT2D eigenvalue weighted by atomic mass is 10.1. The van der Waals surface area contributed by atoms with Crippen LogP contribution >= 0.6 is 0 Å². The maximum Gasteiger partial charge on any atom is 0.219 e. The van der Waals surface area contributed by atoms with Crippen LogP contribution in [0.15, 0.2) is 18.2 Å². The van der Waals surface area contributed by atoms with Crippen LogP contribution < -0.4 is 5.32 Å². The van der Waals surface area contributed by atoms with Gasteiger partial charge < -0.3 is 15.2 Å². The fourth-order valence-corrected chi connectivity index (χ4v) is 2.04. The Balaban J connectivity index is 2.78. The number of amides is 1. The van der Waals surface area contributed by atoms with Gasteiger partial charge in [-0.3, -0.25) is 14.5 Å². The topological polar surface area (TPSA) is 86.7 Å². The SMILES string of the molecule is CNC(=O)CCC(C=O)N(C)Cc1c(O)cccc1C=O. The number of rotatable bonds is 8. The molecule has 0 fully saturated rings. The van der Waals surface area contributed by atoms with E-state index in [1.54, 1.807) is 31.1 Å². The van der Waals surface area contributed by atoms with Crippen LogP contribution in [0, 0.1) is 0 Å². The molecule has 1 rings (SSSR count). The van der Waals surface area contributed by atoms with Crippen molar-refractivity contribution in [1.82, 2.24) is 10.2 Å². The summed E-state index contributed by atoms with van der Waals surface area (Å²) in [6.07, 6.45) is 2.06. The minimum atomic E-state index is -0.457. The van der Waals surface area contributed by atoms with Crippen molar-refractivity contribution < 1.29 is 19.5 Å². The predicted molar refractivity (Wildman–Crippen MR) is 78.1 cm³/mol. The molecule has 1 atom stereocenters. The van der Waals surface area contributed by atoms with Crippen molar-refractivity contribution in [2.75, 3.05) is 14.1 Å². The first-order valence-electron chi connectivity index (χ1n) is 6.65. The molecule has 0 saturated heterocycles. The maximum absolute atomic E-state index is 11.2. The number of aldehydes is 2. The highest BCUT2D eigenvalue weighted by Crippen LogP contribution is 2.22. The van der Waals surface area contributed by atoms with Crippen LogP contribution in [-0.2, 0) is 16.1 Å². The Bertz CT molecular complexity index is 516. The number of benzene rings is 1. The molecule has 0 aliphatic carbocycles. The molecular weight excluding hydrogens is 272 g/mol. The lowest BCUT2D eigenvalue weighted by Gasteiger charge is -2.24. The number of hydrogen-bond acceptors (Lipinski definition) is 5. The summed E-state index contributed by atoms with van der Waals surface area (Å²) >= 11 is 0. The highest BCUT2D eigenvalue weighted by Gasteiger charge is 2.18. The largest absolute Gasteiger partial charge is 0.508 e. The van der Waals surface area contributed by atoms with Crippen LogP contribution in [0.3, 0.4) is 0 Å². The fourth-order valence-electron chi connectivity index (χ4n) is 2.04. The molecule has 2 N–H and O–H groups in total. The first kappa shape index (κ1) is 16.8. The van der Waals surface area contributed by atoms with Crippen molar-refractivity contribution in [3.63, 3.8) is 0 Å². The molecule has 0 radical (unpaired) electrons. The van der Waals surface area contributed by atoms with E-state index in [9.17, 15) is 19.5 Å². The van der Waals surface area contributed by atoms with Gasteiger partial charge in [-0.25, -0.2) is 0 Å². The number of carbonyl (C=O) groups excluding carboxylic acids is 3. The molecule has 1 unspecified atom stereocenters. The quantitative estimate of drug-likeness (QED) is 0.690. The van der Waals surface area contributed by atoms with Crippen LogP contribution in [0.2, 0.25) is 0 Å². The molecule has 114 valence electrons. The Morgan fingerprint density at radius 2 is 2.14 bits per heavy atom. The summed E-state index contributed by atoms with van der Waals surface area (Å²) in [6, 6.07) is 4.24. The summed E-state index contributed by atoms with van der Waals surface area (Å²) in [5.74, 6) is -0.117. The highest BCUT2D eigenvalue weighted by atomic mass is 16.3. The zero-order chi connectivity index (χ0) is 15.8. The lowest BCUT2D eigenvalue weighted by molar-refractivity contribution is -0.121. The van der Waals surface area contributed by atoms with E-state index >= 15 is 0 Å². The molecule has 0 heterocycles. The summed E-state index contributed by atoms with van der Waals surface area (Å²) in [4.78, 5) is 35.1. The van der Waals surface area contributed by atoms with Crippen LogP contribution in [0.1, 0.15) is 28.8 Å². The molecule has 0 aliphatic heterocycles. The Kier molecular flexibility index (Phi) is 6.55. The van der Waals surface area contributed by atoms with Crippen molar-refractivity contribution in [2.45, 2.75) is 25.4 Å². The van der Waals surface area contributed by atoms with Crippen LogP contribution in [0.5, 0.6) is 5.75 Å². The Labute approximate surface area is 123 Å². The number of carbonyl (C=O) groups is 3. The van der Waals surface area contributed by atoms with Gasteiger partial charge in [0.25, 0.3) is 0 Å². The van der Waals surface area contributed by atoms with E-state index in [0.717, 1.165) is 6.29 Å². The van der Waals surface area contributed by atoms with Gasteiger partial charge in [0.05, 0.1) is 6.04 Å². The summed E-state index contributed by atoms with van der Waals surface area (Å²) in [5.41, 5.74) is 0.861. The average molecular weight is 292 g/mol. The zero-order valence-corrected chi connectivity index (χ0v) is 12.2. The summed E-state index contributed by atoms with van der Waals surface area (Å²) in [5, 5.41) is 12.3. The smallest absolute Gasteiger partial charge is 0.219 e. The van der Waals surface area contributed by atoms with Gasteiger partial charge in [-0.15, -0.1) is 0 Å². The number of likely N-dealkylation sites (N-methyl/N-ethyl adjacent to an activating group) is 1. The molecule has 0 saturated carbocycles. The van der Waals surface area contributed by atoms with E-state index < -0.39 is 6.04 Å². The first-order chi connectivity index (χ1) is 10.0.